The Hall–Kier alpha value is -3.45. The zero-order valence-electron chi connectivity index (χ0n) is 24.9. The predicted octanol–water partition coefficient (Wildman–Crippen LogP) is 5.05. The quantitative estimate of drug-likeness (QED) is 0.247. The molecule has 0 bridgehead atoms. The molecule has 230 valence electrons. The van der Waals surface area contributed by atoms with Crippen LogP contribution >= 0.6 is 11.6 Å². The second-order valence-electron chi connectivity index (χ2n) is 12.5. The van der Waals surface area contributed by atoms with Crippen LogP contribution in [-0.2, 0) is 25.8 Å². The molecule has 4 aromatic rings. The Kier molecular flexibility index (Phi) is 7.55. The fraction of sp³-hybridized carbons (Fsp3) is 0.355. The van der Waals surface area contributed by atoms with E-state index in [1.165, 1.54) is 28.8 Å². The molecule has 2 fully saturated rings. The Bertz CT molecular complexity index is 1880. The fourth-order valence-corrected chi connectivity index (χ4v) is 6.74. The van der Waals surface area contributed by atoms with Gasteiger partial charge in [0.05, 0.1) is 39.9 Å². The molecule has 1 amide bonds. The molecule has 2 aromatic heterocycles. The van der Waals surface area contributed by atoms with Crippen molar-refractivity contribution in [2.24, 2.45) is 5.73 Å². The van der Waals surface area contributed by atoms with Gasteiger partial charge in [0.1, 0.15) is 11.5 Å². The number of fused-ring (bicyclic) bond motifs is 1. The number of aryl methyl sites for hydroxylation is 1. The lowest BCUT2D eigenvalue weighted by atomic mass is 9.78. The molecule has 2 aliphatic rings. The van der Waals surface area contributed by atoms with E-state index in [0.29, 0.717) is 32.9 Å². The minimum absolute atomic E-state index is 0.143. The maximum atomic E-state index is 13.5. The van der Waals surface area contributed by atoms with Crippen molar-refractivity contribution in [3.63, 3.8) is 0 Å². The second kappa shape index (κ2) is 10.9. The number of nitrogens with two attached hydrogens (primary N) is 1. The molecule has 6 rings (SSSR count). The summed E-state index contributed by atoms with van der Waals surface area (Å²) in [6.07, 6.45) is 3.57. The van der Waals surface area contributed by atoms with Gasteiger partial charge in [0, 0.05) is 16.0 Å². The van der Waals surface area contributed by atoms with E-state index >= 15 is 0 Å². The Morgan fingerprint density at radius 2 is 1.77 bits per heavy atom. The number of nitrogens with one attached hydrogen (secondary N) is 1. The Balaban J connectivity index is 1.24. The van der Waals surface area contributed by atoms with E-state index in [2.05, 4.69) is 9.82 Å². The number of sulfonamides is 1. The van der Waals surface area contributed by atoms with Gasteiger partial charge in [0.2, 0.25) is 10.0 Å². The van der Waals surface area contributed by atoms with Crippen LogP contribution in [-0.4, -0.2) is 48.0 Å². The monoisotopic (exact) mass is 638 g/mol. The van der Waals surface area contributed by atoms with Crippen molar-refractivity contribution in [2.45, 2.75) is 64.1 Å². The van der Waals surface area contributed by atoms with Gasteiger partial charge in [0.25, 0.3) is 5.91 Å². The van der Waals surface area contributed by atoms with Crippen LogP contribution in [0.1, 0.15) is 67.9 Å². The third-order valence-corrected chi connectivity index (χ3v) is 10.3. The summed E-state index contributed by atoms with van der Waals surface area (Å²) in [5.41, 5.74) is 8.77. The van der Waals surface area contributed by atoms with Crippen LogP contribution in [0.25, 0.3) is 16.8 Å². The smallest absolute Gasteiger partial charge is 0.399 e. The summed E-state index contributed by atoms with van der Waals surface area (Å²) in [5.74, 6) is -1.15. The van der Waals surface area contributed by atoms with Crippen molar-refractivity contribution in [1.29, 1.82) is 0 Å². The molecule has 1 aliphatic carbocycles. The minimum Gasteiger partial charge on any atom is -0.399 e. The lowest BCUT2D eigenvalue weighted by Crippen LogP contribution is -2.41. The largest absolute Gasteiger partial charge is 0.496 e. The first-order chi connectivity index (χ1) is 20.6. The van der Waals surface area contributed by atoms with Crippen LogP contribution in [0.5, 0.6) is 0 Å². The van der Waals surface area contributed by atoms with E-state index in [-0.39, 0.29) is 23.7 Å². The third-order valence-electron chi connectivity index (χ3n) is 8.68. The fourth-order valence-electron chi connectivity index (χ4n) is 5.33. The maximum Gasteiger partial charge on any atom is 0.496 e. The molecule has 0 atom stereocenters. The SMILES string of the molecule is CC1(C)OB(c2ccc(CCS(=O)(=O)Nc3cn4nc(-c5ccc(F)cc5)c(C(N)=O)c4cc3C3CC3)cc2Cl)OC1(C)C. The topological polar surface area (TPSA) is 125 Å². The molecule has 44 heavy (non-hydrogen) atoms. The average Bonchev–Trinajstić information content (AvgIpc) is 3.66. The number of halogens is 2. The van der Waals surface area contributed by atoms with E-state index in [0.717, 1.165) is 24.0 Å². The van der Waals surface area contributed by atoms with Gasteiger partial charge in [-0.25, -0.2) is 17.3 Å². The summed E-state index contributed by atoms with van der Waals surface area (Å²) in [6.45, 7) is 7.86. The number of hydrogen-bond donors (Lipinski definition) is 2. The zero-order chi connectivity index (χ0) is 31.6. The molecule has 0 radical (unpaired) electrons. The number of rotatable bonds is 9. The first kappa shape index (κ1) is 30.6. The highest BCUT2D eigenvalue weighted by atomic mass is 35.5. The number of anilines is 1. The van der Waals surface area contributed by atoms with Crippen LogP contribution in [0.15, 0.2) is 54.7 Å². The Labute approximate surface area is 261 Å². The molecular weight excluding hydrogens is 606 g/mol. The van der Waals surface area contributed by atoms with E-state index in [1.807, 2.05) is 39.8 Å². The molecule has 3 heterocycles. The summed E-state index contributed by atoms with van der Waals surface area (Å²) in [7, 11) is -4.41. The number of hydrogen-bond acceptors (Lipinski definition) is 6. The van der Waals surface area contributed by atoms with E-state index in [9.17, 15) is 17.6 Å². The van der Waals surface area contributed by atoms with Crippen molar-refractivity contribution < 1.29 is 26.9 Å². The van der Waals surface area contributed by atoms with Gasteiger partial charge in [0.15, 0.2) is 0 Å². The van der Waals surface area contributed by atoms with Crippen LogP contribution in [0.4, 0.5) is 10.1 Å². The number of nitrogens with zero attached hydrogens (tertiary/aromatic N) is 2. The van der Waals surface area contributed by atoms with Gasteiger partial charge in [-0.2, -0.15) is 5.10 Å². The number of carbonyl (C=O) groups is 1. The number of carbonyl (C=O) groups excluding carboxylic acids is 1. The summed E-state index contributed by atoms with van der Waals surface area (Å²) < 4.78 is 56.6. The molecule has 1 saturated carbocycles. The highest BCUT2D eigenvalue weighted by molar-refractivity contribution is 7.92. The summed E-state index contributed by atoms with van der Waals surface area (Å²) in [4.78, 5) is 12.5. The van der Waals surface area contributed by atoms with Crippen LogP contribution in [0.3, 0.4) is 0 Å². The standard InChI is InChI=1S/C31H33BClFN4O5S/c1-30(2)31(3,4)43-32(42-30)23-12-5-18(15-24(23)33)13-14-44(40,41)37-25-17-38-26(16-22(25)19-6-7-19)27(29(35)39)28(36-38)20-8-10-21(34)11-9-20/h5,8-12,15-17,19,37H,6-7,13-14H2,1-4H3,(H2,35,39). The van der Waals surface area contributed by atoms with Crippen LogP contribution < -0.4 is 15.9 Å². The van der Waals surface area contributed by atoms with Crippen molar-refractivity contribution in [2.75, 3.05) is 10.5 Å². The molecule has 0 unspecified atom stereocenters. The summed E-state index contributed by atoms with van der Waals surface area (Å²) in [6, 6.07) is 12.7. The number of pyridine rings is 1. The molecule has 3 N–H and O–H groups in total. The molecule has 9 nitrogen and oxygen atoms in total. The third kappa shape index (κ3) is 5.83. The van der Waals surface area contributed by atoms with Gasteiger partial charge in [-0.1, -0.05) is 23.7 Å². The summed E-state index contributed by atoms with van der Waals surface area (Å²) >= 11 is 6.60. The number of benzene rings is 2. The normalized spacial score (nSPS) is 17.7. The van der Waals surface area contributed by atoms with Crippen LogP contribution in [0.2, 0.25) is 5.02 Å². The number of aromatic nitrogens is 2. The van der Waals surface area contributed by atoms with Gasteiger partial charge in [-0.15, -0.1) is 0 Å². The van der Waals surface area contributed by atoms with Crippen molar-refractivity contribution in [1.82, 2.24) is 9.61 Å². The lowest BCUT2D eigenvalue weighted by molar-refractivity contribution is 0.00578. The van der Waals surface area contributed by atoms with E-state index < -0.39 is 40.1 Å². The molecule has 0 spiro atoms. The highest BCUT2D eigenvalue weighted by Crippen LogP contribution is 2.45. The van der Waals surface area contributed by atoms with Crippen molar-refractivity contribution >= 4 is 51.3 Å². The molecule has 2 aromatic carbocycles. The second-order valence-corrected chi connectivity index (χ2v) is 14.7. The number of amides is 1. The molecular formula is C31H33BClFN4O5S. The van der Waals surface area contributed by atoms with E-state index in [1.54, 1.807) is 18.3 Å². The van der Waals surface area contributed by atoms with Gasteiger partial charge in [-0.3, -0.25) is 9.52 Å². The van der Waals surface area contributed by atoms with Crippen LogP contribution in [0, 0.1) is 5.82 Å². The Morgan fingerprint density at radius 1 is 1.11 bits per heavy atom. The first-order valence-corrected chi connectivity index (χ1v) is 16.4. The highest BCUT2D eigenvalue weighted by Gasteiger charge is 2.52. The van der Waals surface area contributed by atoms with Crippen molar-refractivity contribution in [3.8, 4) is 11.3 Å². The number of primary amides is 1. The molecule has 1 saturated heterocycles. The minimum atomic E-state index is -3.79. The maximum absolute atomic E-state index is 13.5. The zero-order valence-corrected chi connectivity index (χ0v) is 26.4. The van der Waals surface area contributed by atoms with Gasteiger partial charge < -0.3 is 15.0 Å². The average molecular weight is 639 g/mol. The molecule has 1 aliphatic heterocycles. The van der Waals surface area contributed by atoms with E-state index in [4.69, 9.17) is 26.6 Å². The van der Waals surface area contributed by atoms with Crippen molar-refractivity contribution in [3.05, 3.63) is 82.3 Å². The Morgan fingerprint density at radius 3 is 2.36 bits per heavy atom. The first-order valence-electron chi connectivity index (χ1n) is 14.4. The van der Waals surface area contributed by atoms with Gasteiger partial charge in [-0.05, 0) is 100 Å². The van der Waals surface area contributed by atoms with Gasteiger partial charge >= 0.3 is 7.12 Å². The predicted molar refractivity (Wildman–Crippen MR) is 169 cm³/mol. The summed E-state index contributed by atoms with van der Waals surface area (Å²) in [5, 5.41) is 4.97. The molecule has 13 heteroatoms. The lowest BCUT2D eigenvalue weighted by Gasteiger charge is -2.32.